The zero-order valence-electron chi connectivity index (χ0n) is 60.9. The molecule has 19 nitrogen and oxygen atoms in total. The number of carbonyl (C=O) groups excluding carboxylic acids is 2. The van der Waals surface area contributed by atoms with Crippen LogP contribution in [0.3, 0.4) is 0 Å². The number of aryl methyl sites for hydroxylation is 5. The number of carboxylic acid groups (broad SMARTS) is 1. The largest absolute Gasteiger partial charge is 0.489 e. The van der Waals surface area contributed by atoms with Crippen LogP contribution in [0.1, 0.15) is 118 Å². The number of carboxylic acids is 1. The minimum Gasteiger partial charge on any atom is -0.489 e. The molecule has 0 bridgehead atoms. The number of unbranched alkanes of at least 4 members (excludes halogenated alkanes) is 4. The van der Waals surface area contributed by atoms with Crippen LogP contribution in [0.15, 0.2) is 175 Å². The van der Waals surface area contributed by atoms with Crippen molar-refractivity contribution < 1.29 is 38.4 Å². The van der Waals surface area contributed by atoms with E-state index in [0.29, 0.717) is 157 Å². The molecule has 3 N–H and O–H groups in total. The number of nitriles is 4. The zero-order chi connectivity index (χ0) is 79.8. The average Bonchev–Trinajstić information content (AvgIpc) is 1.67. The number of primary amides is 1. The first-order valence-electron chi connectivity index (χ1n) is 34.9. The molecule has 0 saturated carbocycles. The Hall–Kier alpha value is -10.5. The van der Waals surface area contributed by atoms with Gasteiger partial charge in [0.25, 0.3) is 11.8 Å². The molecule has 111 heavy (non-hydrogen) atoms. The van der Waals surface area contributed by atoms with E-state index in [1.165, 1.54) is 5.69 Å². The number of nitrogens with two attached hydrogens (primary N) is 1. The van der Waals surface area contributed by atoms with Gasteiger partial charge >= 0.3 is 5.97 Å². The first-order chi connectivity index (χ1) is 53.4. The third-order valence-electron chi connectivity index (χ3n) is 17.8. The molecule has 4 aromatic heterocycles. The van der Waals surface area contributed by atoms with Crippen LogP contribution in [-0.4, -0.2) is 66.0 Å². The normalized spacial score (nSPS) is 10.9. The number of hydrogen-bond donors (Lipinski definition) is 2. The van der Waals surface area contributed by atoms with E-state index in [1.54, 1.807) is 107 Å². The number of aromatic carboxylic acids is 1. The third-order valence-corrected chi connectivity index (χ3v) is 20.6. The van der Waals surface area contributed by atoms with Gasteiger partial charge in [-0.2, -0.15) is 26.0 Å². The smallest absolute Gasteiger partial charge is 0.352 e. The van der Waals surface area contributed by atoms with Crippen LogP contribution in [0.25, 0.3) is 43.6 Å². The van der Waals surface area contributed by atoms with Gasteiger partial charge in [-0.3, -0.25) is 9.59 Å². The number of halogens is 8. The first kappa shape index (κ1) is 84.5. The van der Waals surface area contributed by atoms with Crippen molar-refractivity contribution in [3.63, 3.8) is 0 Å². The van der Waals surface area contributed by atoms with Gasteiger partial charge in [0, 0.05) is 178 Å². The van der Waals surface area contributed by atoms with Crippen LogP contribution in [0.4, 0.5) is 0 Å². The standard InChI is InChI=1S/C24H24Cl2N4O2.C20H17Cl2N3O2.C20H16Cl2N2O3.C20H18Cl2N2O/c1-16(29(2)3)28-24(31)23-14-17-13-18(9-10-22(17)30(23)12-5-4-11-27)32-15-19-20(25)7-6-8-21(19)26;21-16-4-3-5-17(22)15(16)12-27-14-6-7-18-13(10-14)11-19(20(24)26)25(18)9-2-1-8-23;21-16-4-3-5-17(22)15(16)12-27-14-6-7-18-13(10-14)11-19(20(25)26)24(18)9-2-1-8-23;1-14-11-15-12-16(7-8-20(15)24(14)10-3-2-9-23)25-13-17-18(21)5-4-6-19(17)22/h6-10,13-14H,4-5,12,15H2,1-3H3;3-7,10-11H,1-2,9,12H2,(H2,24,26);3-7,10-11H,1-2,9,12H2,(H,25,26);4-8,11-12H,2-3,10,13H2,1H3. The van der Waals surface area contributed by atoms with Gasteiger partial charge in [-0.05, 0) is 185 Å². The zero-order valence-corrected chi connectivity index (χ0v) is 66.9. The maximum atomic E-state index is 12.9. The van der Waals surface area contributed by atoms with Crippen molar-refractivity contribution in [1.29, 1.82) is 21.0 Å². The molecule has 0 radical (unpaired) electrons. The minimum atomic E-state index is -1.01. The molecule has 0 atom stereocenters. The van der Waals surface area contributed by atoms with E-state index in [0.717, 1.165) is 73.5 Å². The van der Waals surface area contributed by atoms with E-state index in [4.69, 9.17) is 139 Å². The molecule has 0 aliphatic carbocycles. The molecule has 0 fully saturated rings. The molecule has 8 aromatic carbocycles. The molecule has 0 spiro atoms. The predicted molar refractivity (Wildman–Crippen MR) is 442 cm³/mol. The third kappa shape index (κ3) is 22.4. The fourth-order valence-electron chi connectivity index (χ4n) is 11.9. The van der Waals surface area contributed by atoms with Crippen LogP contribution in [0.5, 0.6) is 23.0 Å². The number of benzene rings is 8. The number of rotatable bonds is 27. The van der Waals surface area contributed by atoms with Crippen LogP contribution in [0.2, 0.25) is 40.2 Å². The molecule has 0 saturated heterocycles. The van der Waals surface area contributed by atoms with E-state index < -0.39 is 11.9 Å². The number of fused-ring (bicyclic) bond motifs is 4. The van der Waals surface area contributed by atoms with Crippen LogP contribution in [-0.2, 0) is 52.6 Å². The molecule has 0 aliphatic heterocycles. The van der Waals surface area contributed by atoms with Gasteiger partial charge in [-0.1, -0.05) is 117 Å². The Morgan fingerprint density at radius 3 is 0.982 bits per heavy atom. The van der Waals surface area contributed by atoms with E-state index in [-0.39, 0.29) is 31.4 Å². The fraction of sp³-hybridized carbons (Fsp3) is 0.238. The summed E-state index contributed by atoms with van der Waals surface area (Å²) in [5, 5.41) is 52.5. The number of hydrogen-bond acceptors (Lipinski definition) is 11. The highest BCUT2D eigenvalue weighted by molar-refractivity contribution is 6.37. The highest BCUT2D eigenvalue weighted by atomic mass is 35.5. The number of amidine groups is 1. The Morgan fingerprint density at radius 2 is 0.685 bits per heavy atom. The van der Waals surface area contributed by atoms with E-state index in [9.17, 15) is 19.5 Å². The summed E-state index contributed by atoms with van der Waals surface area (Å²) in [5.41, 5.74) is 14.4. The maximum absolute atomic E-state index is 12.9. The fourth-order valence-corrected chi connectivity index (χ4v) is 14.0. The van der Waals surface area contributed by atoms with Crippen molar-refractivity contribution in [3.8, 4) is 47.3 Å². The van der Waals surface area contributed by atoms with Crippen molar-refractivity contribution in [2.24, 2.45) is 10.7 Å². The van der Waals surface area contributed by atoms with Gasteiger partial charge in [-0.15, -0.1) is 0 Å². The van der Waals surface area contributed by atoms with Crippen molar-refractivity contribution in [2.45, 2.75) is 118 Å². The van der Waals surface area contributed by atoms with Crippen molar-refractivity contribution in [1.82, 2.24) is 23.2 Å². The summed E-state index contributed by atoms with van der Waals surface area (Å²) >= 11 is 49.5. The topological polar surface area (TPSA) is 265 Å². The highest BCUT2D eigenvalue weighted by Gasteiger charge is 2.21. The van der Waals surface area contributed by atoms with Crippen LogP contribution < -0.4 is 24.7 Å². The van der Waals surface area contributed by atoms with E-state index in [2.05, 4.69) is 52.9 Å². The monoisotopic (exact) mass is 1650 g/mol. The van der Waals surface area contributed by atoms with E-state index in [1.807, 2.05) is 90.0 Å². The van der Waals surface area contributed by atoms with Crippen LogP contribution in [0, 0.1) is 52.2 Å². The first-order valence-corrected chi connectivity index (χ1v) is 38.0. The van der Waals surface area contributed by atoms with Crippen molar-refractivity contribution >= 4 is 160 Å². The number of aliphatic imine (C=N–C) groups is 1. The van der Waals surface area contributed by atoms with Crippen molar-refractivity contribution in [3.05, 3.63) is 255 Å². The predicted octanol–water partition coefficient (Wildman–Crippen LogP) is 22.5. The molecule has 2 amide bonds. The Morgan fingerprint density at radius 1 is 0.414 bits per heavy atom. The Bertz CT molecular complexity index is 5330. The molecule has 570 valence electrons. The number of nitrogens with zero attached hydrogens (tertiary/aromatic N) is 10. The molecule has 0 aliphatic rings. The highest BCUT2D eigenvalue weighted by Crippen LogP contribution is 2.35. The molecule has 0 unspecified atom stereocenters. The molecular formula is C84H75Cl8N11O8. The summed E-state index contributed by atoms with van der Waals surface area (Å²) in [7, 11) is 3.67. The lowest BCUT2D eigenvalue weighted by Gasteiger charge is -2.12. The molecule has 27 heteroatoms. The van der Waals surface area contributed by atoms with Gasteiger partial charge in [-0.25, -0.2) is 4.79 Å². The SMILES string of the molecule is CC(=NC(=O)c1cc2cc(OCc3c(Cl)cccc3Cl)ccc2n1CCCC#N)N(C)C.Cc1cc2cc(OCc3c(Cl)cccc3Cl)ccc2n1CCCC#N.N#CCCCn1c(C(=O)O)cc2cc(OCc3c(Cl)cccc3Cl)ccc21.N#CCCCn1c(C(N)=O)cc2cc(OCc3c(Cl)cccc3Cl)ccc21. The Labute approximate surface area is 682 Å². The Balaban J connectivity index is 0.000000171. The summed E-state index contributed by atoms with van der Waals surface area (Å²) in [4.78, 5) is 42.2. The van der Waals surface area contributed by atoms with Gasteiger partial charge in [0.05, 0.1) is 24.3 Å². The van der Waals surface area contributed by atoms with Gasteiger partial charge in [0.15, 0.2) is 0 Å². The molecule has 4 heterocycles. The Kier molecular flexibility index (Phi) is 31.2. The second kappa shape index (κ2) is 41.0. The second-order valence-corrected chi connectivity index (χ2v) is 28.7. The summed E-state index contributed by atoms with van der Waals surface area (Å²) in [6.07, 6.45) is 4.49. The lowest BCUT2D eigenvalue weighted by Crippen LogP contribution is -2.20. The van der Waals surface area contributed by atoms with Crippen molar-refractivity contribution in [2.75, 3.05) is 14.1 Å². The number of ether oxygens (including phenoxy) is 4. The summed E-state index contributed by atoms with van der Waals surface area (Å²) < 4.78 is 31.1. The number of carbonyl (C=O) groups is 3. The summed E-state index contributed by atoms with van der Waals surface area (Å²) in [6, 6.07) is 59.7. The van der Waals surface area contributed by atoms with E-state index >= 15 is 0 Å². The lowest BCUT2D eigenvalue weighted by atomic mass is 10.2. The van der Waals surface area contributed by atoms with Gasteiger partial charge in [0.1, 0.15) is 72.3 Å². The minimum absolute atomic E-state index is 0.189. The average molecular weight is 1650 g/mol. The second-order valence-electron chi connectivity index (χ2n) is 25.4. The molecular weight excluding hydrogens is 1570 g/mol. The number of aromatic nitrogens is 4. The number of amides is 2. The molecule has 12 rings (SSSR count). The molecule has 12 aromatic rings. The van der Waals surface area contributed by atoms with Crippen LogP contribution >= 0.6 is 92.8 Å². The maximum Gasteiger partial charge on any atom is 0.352 e. The summed E-state index contributed by atoms with van der Waals surface area (Å²) in [6.45, 7) is 7.26. The summed E-state index contributed by atoms with van der Waals surface area (Å²) in [5.74, 6) is 1.40. The quantitative estimate of drug-likeness (QED) is 0.0276. The van der Waals surface area contributed by atoms with Gasteiger partial charge < -0.3 is 53.0 Å². The van der Waals surface area contributed by atoms with Gasteiger partial charge in [0.2, 0.25) is 0 Å². The lowest BCUT2D eigenvalue weighted by molar-refractivity contribution is 0.0685.